The Hall–Kier alpha value is -0.660. The van der Waals surface area contributed by atoms with E-state index in [4.69, 9.17) is 0 Å². The van der Waals surface area contributed by atoms with E-state index in [1.807, 2.05) is 0 Å². The van der Waals surface area contributed by atoms with Crippen molar-refractivity contribution in [2.45, 2.75) is 53.4 Å². The zero-order chi connectivity index (χ0) is 20.5. The molecule has 0 aliphatic heterocycles. The van der Waals surface area contributed by atoms with Gasteiger partial charge in [0.05, 0.1) is 0 Å². The molecule has 0 unspecified atom stereocenters. The van der Waals surface area contributed by atoms with Crippen molar-refractivity contribution in [3.63, 3.8) is 0 Å². The van der Waals surface area contributed by atoms with Crippen LogP contribution in [0.3, 0.4) is 0 Å². The third-order valence-electron chi connectivity index (χ3n) is 5.01. The molecule has 2 radical (unpaired) electrons. The first-order valence-electron chi connectivity index (χ1n) is 10.2. The molecular formula is C28H36Cl2SiZr-4. The van der Waals surface area contributed by atoms with Crippen LogP contribution in [0.5, 0.6) is 0 Å². The Morgan fingerprint density at radius 3 is 1.34 bits per heavy atom. The first-order chi connectivity index (χ1) is 13.6. The second kappa shape index (κ2) is 18.7. The number of hydrogen-bond acceptors (Lipinski definition) is 0. The van der Waals surface area contributed by atoms with Gasteiger partial charge in [0, 0.05) is 0 Å². The first-order valence-corrected chi connectivity index (χ1v) is 14.4. The summed E-state index contributed by atoms with van der Waals surface area (Å²) in [6.45, 7) is 11.8. The Balaban J connectivity index is -0.000000437. The second-order valence-electron chi connectivity index (χ2n) is 7.41. The van der Waals surface area contributed by atoms with Crippen LogP contribution in [-0.2, 0) is 36.2 Å². The molecule has 0 N–H and O–H groups in total. The molecule has 0 aliphatic carbocycles. The molecule has 0 aromatic heterocycles. The number of halogens is 2. The minimum atomic E-state index is 0. The zero-order valence-electron chi connectivity index (χ0n) is 20.4. The maximum absolute atomic E-state index is 3.06. The van der Waals surface area contributed by atoms with Gasteiger partial charge in [-0.2, -0.15) is 12.1 Å². The van der Waals surface area contributed by atoms with Gasteiger partial charge < -0.3 is 39.7 Å². The number of rotatable bonds is 4. The maximum atomic E-state index is 3.06. The number of aryl methyl sites for hydroxylation is 4. The molecule has 4 aromatic carbocycles. The molecule has 4 aromatic rings. The molecule has 0 bridgehead atoms. The van der Waals surface area contributed by atoms with Crippen LogP contribution in [0.25, 0.3) is 21.5 Å². The van der Waals surface area contributed by atoms with Crippen molar-refractivity contribution in [3.05, 3.63) is 97.8 Å². The van der Waals surface area contributed by atoms with Crippen molar-refractivity contribution >= 4 is 28.4 Å². The Kier molecular flexibility index (Phi) is 21.0. The average Bonchev–Trinajstić information content (AvgIpc) is 3.27. The Labute approximate surface area is 226 Å². The van der Waals surface area contributed by atoms with E-state index in [-0.39, 0.29) is 39.7 Å². The van der Waals surface area contributed by atoms with Gasteiger partial charge in [-0.05, 0) is 12.8 Å². The van der Waals surface area contributed by atoms with Crippen LogP contribution in [-0.4, -0.2) is 6.88 Å². The van der Waals surface area contributed by atoms with Crippen molar-refractivity contribution in [2.75, 3.05) is 0 Å². The molecule has 0 amide bonds. The van der Waals surface area contributed by atoms with Crippen LogP contribution in [0, 0.1) is 28.7 Å². The average molecular weight is 563 g/mol. The van der Waals surface area contributed by atoms with Gasteiger partial charge in [-0.25, -0.2) is 0 Å². The third-order valence-corrected chi connectivity index (χ3v) is 5.01. The summed E-state index contributed by atoms with van der Waals surface area (Å²) < 4.78 is 0. The van der Waals surface area contributed by atoms with Crippen molar-refractivity contribution in [2.24, 2.45) is 0 Å². The molecule has 0 heterocycles. The molecule has 4 rings (SSSR count). The van der Waals surface area contributed by atoms with Crippen LogP contribution < -0.4 is 24.8 Å². The van der Waals surface area contributed by atoms with E-state index in [0.29, 0.717) is 0 Å². The monoisotopic (exact) mass is 560 g/mol. The van der Waals surface area contributed by atoms with Crippen molar-refractivity contribution < 1.29 is 48.1 Å². The van der Waals surface area contributed by atoms with E-state index < -0.39 is 0 Å². The fraction of sp³-hybridized carbons (Fsp3) is 0.286. The normalized spacial score (nSPS) is 9.06. The summed E-state index contributed by atoms with van der Waals surface area (Å²) in [5.41, 5.74) is 5.73. The second-order valence-corrected chi connectivity index (χ2v) is 7.41. The van der Waals surface area contributed by atoms with E-state index in [0.717, 1.165) is 0 Å². The predicted molar refractivity (Wildman–Crippen MR) is 135 cm³/mol. The summed E-state index contributed by atoms with van der Waals surface area (Å²) in [4.78, 5) is 0. The fourth-order valence-corrected chi connectivity index (χ4v) is 3.87. The fourth-order valence-electron chi connectivity index (χ4n) is 3.87. The molecule has 32 heavy (non-hydrogen) atoms. The molecule has 174 valence electrons. The van der Waals surface area contributed by atoms with Gasteiger partial charge in [0.1, 0.15) is 0 Å². The van der Waals surface area contributed by atoms with Crippen LogP contribution >= 0.6 is 0 Å². The van der Waals surface area contributed by atoms with E-state index in [1.54, 1.807) is 0 Å². The van der Waals surface area contributed by atoms with Gasteiger partial charge in [0.25, 0.3) is 0 Å². The van der Waals surface area contributed by atoms with Crippen LogP contribution in [0.15, 0.2) is 60.7 Å². The third kappa shape index (κ3) is 9.68. The van der Waals surface area contributed by atoms with Gasteiger partial charge in [0.2, 0.25) is 0 Å². The standard InChI is InChI=1S/2C13H15.2CH3.2ClH.Si.Zr/c2*1-3-5-11-6-4-7-12-8-10(2)9-13(11)12;;;;;;/h2*4,6-9H,3,5H2,1-2H3;2*1H3;2*1H;;/q4*-1;;;;+2/p-2. The van der Waals surface area contributed by atoms with Gasteiger partial charge in [-0.1, -0.05) is 63.8 Å². The van der Waals surface area contributed by atoms with Gasteiger partial charge in [-0.3, -0.25) is 0 Å². The molecular weight excluding hydrogens is 527 g/mol. The Morgan fingerprint density at radius 1 is 0.688 bits per heavy atom. The first kappa shape index (κ1) is 35.9. The van der Waals surface area contributed by atoms with E-state index >= 15 is 0 Å². The summed E-state index contributed by atoms with van der Waals surface area (Å²) >= 11 is 1.36. The molecule has 0 fully saturated rings. The molecule has 0 saturated heterocycles. The molecule has 0 saturated carbocycles. The zero-order valence-corrected chi connectivity index (χ0v) is 25.3. The van der Waals surface area contributed by atoms with Crippen molar-refractivity contribution in [3.8, 4) is 0 Å². The summed E-state index contributed by atoms with van der Waals surface area (Å²) in [5, 5.41) is 5.68. The number of hydrogen-bond donors (Lipinski definition) is 0. The van der Waals surface area contributed by atoms with Gasteiger partial charge in [0.15, 0.2) is 0 Å². The summed E-state index contributed by atoms with van der Waals surface area (Å²) in [5.74, 6) is 0. The van der Waals surface area contributed by atoms with Gasteiger partial charge in [-0.15, -0.1) is 69.1 Å². The SMILES string of the molecule is CCCc1cccc2[cH-]c(C)cc12.CCCc1cccc2[cH-]c(C)cc12.[CH3-].[CH3-].[Cl-].[Cl-].[Si]=[Zr+2]. The summed E-state index contributed by atoms with van der Waals surface area (Å²) in [6, 6.07) is 22.3. The number of fused-ring (bicyclic) bond motifs is 2. The molecule has 0 atom stereocenters. The van der Waals surface area contributed by atoms with Crippen molar-refractivity contribution in [1.29, 1.82) is 0 Å². The van der Waals surface area contributed by atoms with E-state index in [2.05, 4.69) is 95.2 Å². The van der Waals surface area contributed by atoms with Crippen LogP contribution in [0.4, 0.5) is 0 Å². The van der Waals surface area contributed by atoms with Crippen LogP contribution in [0.2, 0.25) is 0 Å². The summed E-state index contributed by atoms with van der Waals surface area (Å²) in [7, 11) is 0. The topological polar surface area (TPSA) is 0 Å². The van der Waals surface area contributed by atoms with Crippen molar-refractivity contribution in [1.82, 2.24) is 0 Å². The van der Waals surface area contributed by atoms with Crippen LogP contribution in [0.1, 0.15) is 48.9 Å². The Bertz CT molecular complexity index is 935. The quantitative estimate of drug-likeness (QED) is 0.264. The van der Waals surface area contributed by atoms with E-state index in [1.165, 1.54) is 92.8 Å². The van der Waals surface area contributed by atoms with E-state index in [9.17, 15) is 0 Å². The number of benzene rings is 2. The Morgan fingerprint density at radius 2 is 1.03 bits per heavy atom. The molecule has 0 aliphatic rings. The molecule has 0 spiro atoms. The predicted octanol–water partition coefficient (Wildman–Crippen LogP) is 2.16. The molecule has 0 nitrogen and oxygen atoms in total. The van der Waals surface area contributed by atoms with Gasteiger partial charge >= 0.3 is 30.2 Å². The molecule has 4 heteroatoms. The summed E-state index contributed by atoms with van der Waals surface area (Å²) in [6.07, 6.45) is 4.84. The minimum absolute atomic E-state index is 0.